The minimum Gasteiger partial charge on any atom is -0.396 e. The Labute approximate surface area is 119 Å². The fourth-order valence-corrected chi connectivity index (χ4v) is 2.01. The number of hydrogen-bond acceptors (Lipinski definition) is 4. The lowest BCUT2D eigenvalue weighted by Gasteiger charge is -2.19. The monoisotopic (exact) mass is 330 g/mol. The first-order chi connectivity index (χ1) is 8.88. The molecular weight excluding hydrogens is 316 g/mol. The first kappa shape index (κ1) is 15.6. The van der Waals surface area contributed by atoms with E-state index in [2.05, 4.69) is 21.2 Å². The van der Waals surface area contributed by atoms with E-state index in [0.29, 0.717) is 0 Å². The third-order valence-corrected chi connectivity index (χ3v) is 3.75. The molecule has 0 heterocycles. The molecule has 0 radical (unpaired) electrons. The molecule has 2 N–H and O–H groups in total. The zero-order valence-electron chi connectivity index (χ0n) is 10.6. The number of rotatable bonds is 5. The van der Waals surface area contributed by atoms with Gasteiger partial charge in [0.1, 0.15) is 4.47 Å². The molecule has 0 aliphatic carbocycles. The highest BCUT2D eigenvalue weighted by Gasteiger charge is 2.21. The summed E-state index contributed by atoms with van der Waals surface area (Å²) in [5, 5.41) is 22.5. The van der Waals surface area contributed by atoms with Crippen molar-refractivity contribution in [3.8, 4) is 0 Å². The van der Waals surface area contributed by atoms with Gasteiger partial charge in [0.15, 0.2) is 0 Å². The summed E-state index contributed by atoms with van der Waals surface area (Å²) in [5.74, 6) is -0.509. The summed E-state index contributed by atoms with van der Waals surface area (Å²) in [7, 11) is 0. The van der Waals surface area contributed by atoms with Crippen LogP contribution in [0.3, 0.4) is 0 Å². The van der Waals surface area contributed by atoms with Crippen LogP contribution in [0.15, 0.2) is 22.7 Å². The van der Waals surface area contributed by atoms with Gasteiger partial charge in [-0.3, -0.25) is 14.9 Å². The Morgan fingerprint density at radius 1 is 1.53 bits per heavy atom. The van der Waals surface area contributed by atoms with Crippen LogP contribution in [0, 0.1) is 16.0 Å². The molecule has 0 fully saturated rings. The zero-order valence-corrected chi connectivity index (χ0v) is 12.2. The molecule has 2 unspecified atom stereocenters. The van der Waals surface area contributed by atoms with Crippen LogP contribution in [0.2, 0.25) is 0 Å². The van der Waals surface area contributed by atoms with Gasteiger partial charge >= 0.3 is 0 Å². The van der Waals surface area contributed by atoms with Crippen LogP contribution in [0.25, 0.3) is 0 Å². The maximum absolute atomic E-state index is 12.0. The van der Waals surface area contributed by atoms with Crippen LogP contribution in [0.4, 0.5) is 5.69 Å². The Morgan fingerprint density at radius 2 is 2.16 bits per heavy atom. The predicted molar refractivity (Wildman–Crippen MR) is 74.0 cm³/mol. The van der Waals surface area contributed by atoms with Gasteiger partial charge in [-0.05, 0) is 34.8 Å². The fourth-order valence-electron chi connectivity index (χ4n) is 1.42. The molecule has 19 heavy (non-hydrogen) atoms. The van der Waals surface area contributed by atoms with Crippen molar-refractivity contribution in [1.82, 2.24) is 5.32 Å². The molecule has 0 saturated carbocycles. The average Bonchev–Trinajstić information content (AvgIpc) is 2.37. The van der Waals surface area contributed by atoms with Gasteiger partial charge in [-0.15, -0.1) is 0 Å². The van der Waals surface area contributed by atoms with Gasteiger partial charge in [0.25, 0.3) is 11.6 Å². The highest BCUT2D eigenvalue weighted by atomic mass is 79.9. The van der Waals surface area contributed by atoms with Crippen LogP contribution in [-0.4, -0.2) is 28.6 Å². The third-order valence-electron chi connectivity index (χ3n) is 2.92. The molecule has 1 aromatic rings. The second-order valence-corrected chi connectivity index (χ2v) is 5.11. The predicted octanol–water partition coefficient (Wildman–Crippen LogP) is 2.10. The number of halogens is 1. The van der Waals surface area contributed by atoms with E-state index < -0.39 is 10.8 Å². The number of nitro groups is 1. The Kier molecular flexibility index (Phi) is 5.44. The third kappa shape index (κ3) is 3.74. The lowest BCUT2D eigenvalue weighted by Crippen LogP contribution is -2.38. The van der Waals surface area contributed by atoms with Crippen molar-refractivity contribution < 1.29 is 14.8 Å². The molecule has 6 nitrogen and oxygen atoms in total. The van der Waals surface area contributed by atoms with Crippen LogP contribution < -0.4 is 5.32 Å². The van der Waals surface area contributed by atoms with Crippen molar-refractivity contribution in [1.29, 1.82) is 0 Å². The summed E-state index contributed by atoms with van der Waals surface area (Å²) in [6, 6.07) is 4.05. The number of benzene rings is 1. The number of aliphatic hydroxyl groups excluding tert-OH is 1. The molecule has 1 rings (SSSR count). The van der Waals surface area contributed by atoms with E-state index in [9.17, 15) is 14.9 Å². The molecule has 2 atom stereocenters. The molecule has 0 bridgehead atoms. The minimum atomic E-state index is -0.555. The van der Waals surface area contributed by atoms with Crippen molar-refractivity contribution in [3.63, 3.8) is 0 Å². The summed E-state index contributed by atoms with van der Waals surface area (Å²) in [4.78, 5) is 22.3. The van der Waals surface area contributed by atoms with Crippen molar-refractivity contribution in [3.05, 3.63) is 38.3 Å². The summed E-state index contributed by atoms with van der Waals surface area (Å²) in [6.07, 6.45) is 0. The minimum absolute atomic E-state index is 0.0441. The maximum Gasteiger partial charge on any atom is 0.284 e. The van der Waals surface area contributed by atoms with Crippen LogP contribution in [-0.2, 0) is 0 Å². The largest absolute Gasteiger partial charge is 0.396 e. The number of amides is 1. The van der Waals surface area contributed by atoms with E-state index in [1.807, 2.05) is 0 Å². The number of aliphatic hydroxyl groups is 1. The van der Waals surface area contributed by atoms with E-state index in [1.165, 1.54) is 18.2 Å². The Morgan fingerprint density at radius 3 is 2.68 bits per heavy atom. The normalized spacial score (nSPS) is 13.7. The molecule has 0 aliphatic heterocycles. The number of nitro benzene ring substituents is 1. The number of carbonyl (C=O) groups excluding carboxylic acids is 1. The molecule has 104 valence electrons. The Hall–Kier alpha value is -1.47. The number of hydrogen-bond donors (Lipinski definition) is 2. The number of nitrogens with one attached hydrogen (secondary N) is 1. The highest BCUT2D eigenvalue weighted by molar-refractivity contribution is 9.10. The van der Waals surface area contributed by atoms with Gasteiger partial charge in [0.05, 0.1) is 10.5 Å². The zero-order chi connectivity index (χ0) is 14.6. The maximum atomic E-state index is 12.0. The number of nitrogens with zero attached hydrogens (tertiary/aromatic N) is 1. The first-order valence-electron chi connectivity index (χ1n) is 5.73. The number of carbonyl (C=O) groups is 1. The summed E-state index contributed by atoms with van der Waals surface area (Å²) in [5.41, 5.74) is 0.0432. The van der Waals surface area contributed by atoms with Crippen molar-refractivity contribution >= 4 is 27.5 Å². The highest BCUT2D eigenvalue weighted by Crippen LogP contribution is 2.28. The average molecular weight is 331 g/mol. The quantitative estimate of drug-likeness (QED) is 0.638. The molecule has 7 heteroatoms. The van der Waals surface area contributed by atoms with Crippen LogP contribution in [0.1, 0.15) is 24.2 Å². The Bertz CT molecular complexity index is 493. The van der Waals surface area contributed by atoms with E-state index in [4.69, 9.17) is 5.11 Å². The van der Waals surface area contributed by atoms with Crippen molar-refractivity contribution in [2.75, 3.05) is 6.61 Å². The lowest BCUT2D eigenvalue weighted by molar-refractivity contribution is -0.385. The molecular formula is C12H15BrN2O4. The second-order valence-electron chi connectivity index (χ2n) is 4.32. The molecule has 0 saturated heterocycles. The summed E-state index contributed by atoms with van der Waals surface area (Å²) >= 11 is 3.07. The Balaban J connectivity index is 2.95. The standard InChI is InChI=1S/C12H15BrN2O4/c1-7(6-16)8(2)14-12(17)9-4-3-5-10(11(9)13)15(18)19/h3-5,7-8,16H,6H2,1-2H3,(H,14,17). The summed E-state index contributed by atoms with van der Waals surface area (Å²) < 4.78 is 0.154. The molecule has 0 spiro atoms. The first-order valence-corrected chi connectivity index (χ1v) is 6.52. The van der Waals surface area contributed by atoms with E-state index in [-0.39, 0.29) is 34.3 Å². The van der Waals surface area contributed by atoms with Gasteiger partial charge in [-0.1, -0.05) is 13.0 Å². The second kappa shape index (κ2) is 6.63. The molecule has 1 aromatic carbocycles. The van der Waals surface area contributed by atoms with E-state index in [0.717, 1.165) is 0 Å². The lowest BCUT2D eigenvalue weighted by atomic mass is 10.0. The van der Waals surface area contributed by atoms with Gasteiger partial charge in [-0.2, -0.15) is 0 Å². The SMILES string of the molecule is CC(CO)C(C)NC(=O)c1cccc([N+](=O)[O-])c1Br. The molecule has 0 aliphatic rings. The van der Waals surface area contributed by atoms with Crippen molar-refractivity contribution in [2.45, 2.75) is 19.9 Å². The van der Waals surface area contributed by atoms with Crippen LogP contribution in [0.5, 0.6) is 0 Å². The van der Waals surface area contributed by atoms with Crippen molar-refractivity contribution in [2.24, 2.45) is 5.92 Å². The smallest absolute Gasteiger partial charge is 0.284 e. The van der Waals surface area contributed by atoms with Gasteiger partial charge in [0.2, 0.25) is 0 Å². The van der Waals surface area contributed by atoms with Gasteiger partial charge in [0, 0.05) is 18.7 Å². The topological polar surface area (TPSA) is 92.5 Å². The molecule has 1 amide bonds. The van der Waals surface area contributed by atoms with Gasteiger partial charge in [-0.25, -0.2) is 0 Å². The summed E-state index contributed by atoms with van der Waals surface area (Å²) in [6.45, 7) is 3.52. The van der Waals surface area contributed by atoms with Gasteiger partial charge < -0.3 is 10.4 Å². The van der Waals surface area contributed by atoms with E-state index in [1.54, 1.807) is 13.8 Å². The molecule has 0 aromatic heterocycles. The fraction of sp³-hybridized carbons (Fsp3) is 0.417. The van der Waals surface area contributed by atoms with Crippen LogP contribution >= 0.6 is 15.9 Å². The van der Waals surface area contributed by atoms with E-state index >= 15 is 0 Å².